The Morgan fingerprint density at radius 2 is 1.20 bits per heavy atom. The van der Waals surface area contributed by atoms with Crippen LogP contribution in [0.1, 0.15) is 22.8 Å². The van der Waals surface area contributed by atoms with Gasteiger partial charge in [-0.3, -0.25) is 0 Å². The number of hydrogen-bond acceptors (Lipinski definition) is 2. The molecule has 0 amide bonds. The predicted octanol–water partition coefficient (Wildman–Crippen LogP) is 10.3. The molecule has 0 fully saturated rings. The molecule has 7 aromatic carbocycles. The van der Waals surface area contributed by atoms with E-state index < -0.39 is 13.2 Å². The highest BCUT2D eigenvalue weighted by Gasteiger charge is 2.42. The summed E-state index contributed by atoms with van der Waals surface area (Å²) in [5.41, 5.74) is 7.17. The fourth-order valence-corrected chi connectivity index (χ4v) is 10.2. The van der Waals surface area contributed by atoms with Crippen molar-refractivity contribution in [2.45, 2.75) is 13.0 Å². The summed E-state index contributed by atoms with van der Waals surface area (Å²) in [4.78, 5) is 0. The van der Waals surface area contributed by atoms with Crippen LogP contribution in [0.3, 0.4) is 0 Å². The molecule has 1 aliphatic heterocycles. The van der Waals surface area contributed by atoms with Crippen molar-refractivity contribution < 1.29 is 9.30 Å². The average molecular weight is 633 g/mol. The highest BCUT2D eigenvalue weighted by Crippen LogP contribution is 2.56. The van der Waals surface area contributed by atoms with E-state index in [1.54, 1.807) is 0 Å². The molecule has 0 spiro atoms. The third-order valence-corrected chi connectivity index (χ3v) is 12.3. The van der Waals surface area contributed by atoms with Gasteiger partial charge < -0.3 is 9.30 Å². The third-order valence-electron chi connectivity index (χ3n) is 8.91. The highest BCUT2D eigenvalue weighted by atomic mass is 35.5. The zero-order valence-electron chi connectivity index (χ0n) is 25.2. The maximum absolute atomic E-state index is 16.5. The standard InChI is InChI=1S/C42H30ClO2P/c1-28-22-25-37-36(26-28)39-38(29-14-6-2-7-15-29)35-27-31(43)23-24-34(35)42(40(39)41(45-37)30-16-8-3-9-17-30)46(44,32-18-10-4-11-19-32)33-20-12-5-13-21-33/h2-27,41H,1H3. The lowest BCUT2D eigenvalue weighted by molar-refractivity contribution is 0.245. The first-order chi connectivity index (χ1) is 22.5. The maximum Gasteiger partial charge on any atom is 0.172 e. The zero-order valence-corrected chi connectivity index (χ0v) is 26.9. The Balaban J connectivity index is 1.66. The van der Waals surface area contributed by atoms with E-state index in [0.29, 0.717) is 5.02 Å². The van der Waals surface area contributed by atoms with Gasteiger partial charge in [0.2, 0.25) is 0 Å². The topological polar surface area (TPSA) is 26.3 Å². The van der Waals surface area contributed by atoms with Gasteiger partial charge in [-0.25, -0.2) is 0 Å². The largest absolute Gasteiger partial charge is 0.480 e. The molecular formula is C42H30ClO2P. The first-order valence-electron chi connectivity index (χ1n) is 15.4. The van der Waals surface area contributed by atoms with Crippen molar-refractivity contribution in [3.8, 4) is 28.0 Å². The smallest absolute Gasteiger partial charge is 0.172 e. The van der Waals surface area contributed by atoms with Gasteiger partial charge in [-0.2, -0.15) is 0 Å². The molecule has 2 nitrogen and oxygen atoms in total. The summed E-state index contributed by atoms with van der Waals surface area (Å²) in [6, 6.07) is 52.9. The molecule has 8 rings (SSSR count). The van der Waals surface area contributed by atoms with Crippen molar-refractivity contribution in [3.05, 3.63) is 179 Å². The van der Waals surface area contributed by atoms with Gasteiger partial charge in [0.05, 0.1) is 0 Å². The minimum Gasteiger partial charge on any atom is -0.480 e. The third kappa shape index (κ3) is 4.60. The van der Waals surface area contributed by atoms with Crippen LogP contribution < -0.4 is 20.7 Å². The Morgan fingerprint density at radius 1 is 0.609 bits per heavy atom. The van der Waals surface area contributed by atoms with Crippen LogP contribution in [0.5, 0.6) is 5.75 Å². The normalized spacial score (nSPS) is 13.9. The van der Waals surface area contributed by atoms with Gasteiger partial charge >= 0.3 is 0 Å². The van der Waals surface area contributed by atoms with E-state index in [-0.39, 0.29) is 0 Å². The molecular weight excluding hydrogens is 603 g/mol. The predicted molar refractivity (Wildman–Crippen MR) is 193 cm³/mol. The van der Waals surface area contributed by atoms with Crippen LogP contribution in [0.4, 0.5) is 0 Å². The number of rotatable bonds is 5. The number of ether oxygens (including phenoxy) is 1. The van der Waals surface area contributed by atoms with Gasteiger partial charge in [0, 0.05) is 37.6 Å². The number of halogens is 1. The molecule has 7 aromatic rings. The molecule has 1 heterocycles. The fourth-order valence-electron chi connectivity index (χ4n) is 6.92. The van der Waals surface area contributed by atoms with E-state index in [4.69, 9.17) is 16.3 Å². The zero-order chi connectivity index (χ0) is 31.3. The summed E-state index contributed by atoms with van der Waals surface area (Å²) in [5, 5.41) is 4.82. The Kier molecular flexibility index (Phi) is 7.14. The summed E-state index contributed by atoms with van der Waals surface area (Å²) in [6.45, 7) is 2.10. The highest BCUT2D eigenvalue weighted by molar-refractivity contribution is 7.85. The molecule has 1 aliphatic rings. The van der Waals surface area contributed by atoms with Crippen molar-refractivity contribution >= 4 is 45.4 Å². The van der Waals surface area contributed by atoms with Gasteiger partial charge in [-0.1, -0.05) is 151 Å². The quantitative estimate of drug-likeness (QED) is 0.177. The summed E-state index contributed by atoms with van der Waals surface area (Å²) >= 11 is 6.82. The van der Waals surface area contributed by atoms with Crippen molar-refractivity contribution in [1.82, 2.24) is 0 Å². The average Bonchev–Trinajstić information content (AvgIpc) is 3.11. The second-order valence-electron chi connectivity index (χ2n) is 11.8. The minimum absolute atomic E-state index is 0.510. The van der Waals surface area contributed by atoms with Crippen LogP contribution in [0.25, 0.3) is 33.0 Å². The molecule has 0 N–H and O–H groups in total. The molecule has 0 saturated heterocycles. The Morgan fingerprint density at radius 3 is 1.83 bits per heavy atom. The van der Waals surface area contributed by atoms with Gasteiger partial charge in [0.15, 0.2) is 13.2 Å². The number of hydrogen-bond donors (Lipinski definition) is 0. The molecule has 0 radical (unpaired) electrons. The fraction of sp³-hybridized carbons (Fsp3) is 0.0476. The minimum atomic E-state index is -3.51. The summed E-state index contributed by atoms with van der Waals surface area (Å²) < 4.78 is 23.5. The van der Waals surface area contributed by atoms with Crippen LogP contribution in [-0.4, -0.2) is 0 Å². The molecule has 0 bridgehead atoms. The van der Waals surface area contributed by atoms with Crippen LogP contribution in [-0.2, 0) is 4.57 Å². The van der Waals surface area contributed by atoms with Crippen molar-refractivity contribution in [1.29, 1.82) is 0 Å². The molecule has 4 heteroatoms. The van der Waals surface area contributed by atoms with Crippen LogP contribution in [0, 0.1) is 6.92 Å². The van der Waals surface area contributed by atoms with Crippen molar-refractivity contribution in [2.75, 3.05) is 0 Å². The Bertz CT molecular complexity index is 2220. The molecule has 0 saturated carbocycles. The first kappa shape index (κ1) is 28.6. The lowest BCUT2D eigenvalue weighted by atomic mass is 9.81. The second kappa shape index (κ2) is 11.5. The molecule has 0 aliphatic carbocycles. The first-order valence-corrected chi connectivity index (χ1v) is 17.5. The van der Waals surface area contributed by atoms with E-state index in [2.05, 4.69) is 61.5 Å². The molecule has 46 heavy (non-hydrogen) atoms. The number of aryl methyl sites for hydroxylation is 1. The summed E-state index contributed by atoms with van der Waals surface area (Å²) in [7, 11) is -3.51. The number of fused-ring (bicyclic) bond motifs is 4. The maximum atomic E-state index is 16.5. The second-order valence-corrected chi connectivity index (χ2v) is 14.9. The SMILES string of the molecule is Cc1ccc2c(c1)-c1c(c(P(=O)(c3ccccc3)c3ccccc3)c3ccc(Cl)cc3c1-c1ccccc1)C(c1ccccc1)O2. The molecule has 0 aromatic heterocycles. The van der Waals surface area contributed by atoms with Crippen LogP contribution in [0.15, 0.2) is 158 Å². The lowest BCUT2D eigenvalue weighted by Gasteiger charge is -2.36. The Hall–Kier alpha value is -4.88. The van der Waals surface area contributed by atoms with E-state index in [9.17, 15) is 0 Å². The monoisotopic (exact) mass is 632 g/mol. The lowest BCUT2D eigenvalue weighted by Crippen LogP contribution is -2.32. The molecule has 1 atom stereocenters. The van der Waals surface area contributed by atoms with Gasteiger partial charge in [0.25, 0.3) is 0 Å². The molecule has 1 unspecified atom stereocenters. The van der Waals surface area contributed by atoms with Crippen molar-refractivity contribution in [2.24, 2.45) is 0 Å². The van der Waals surface area contributed by atoms with Gasteiger partial charge in [0.1, 0.15) is 5.75 Å². The van der Waals surface area contributed by atoms with E-state index in [1.165, 1.54) is 0 Å². The van der Waals surface area contributed by atoms with Gasteiger partial charge in [-0.15, -0.1) is 0 Å². The van der Waals surface area contributed by atoms with Gasteiger partial charge in [-0.05, 0) is 58.7 Å². The Labute approximate surface area is 274 Å². The van der Waals surface area contributed by atoms with E-state index in [1.807, 2.05) is 103 Å². The summed E-state index contributed by atoms with van der Waals surface area (Å²) in [5.74, 6) is 0.797. The molecule has 222 valence electrons. The van der Waals surface area contributed by atoms with Crippen molar-refractivity contribution in [3.63, 3.8) is 0 Å². The summed E-state index contributed by atoms with van der Waals surface area (Å²) in [6.07, 6.45) is -0.510. The van der Waals surface area contributed by atoms with E-state index in [0.717, 1.165) is 71.4 Å². The van der Waals surface area contributed by atoms with Crippen LogP contribution in [0.2, 0.25) is 5.02 Å². The number of benzene rings is 7. The van der Waals surface area contributed by atoms with E-state index >= 15 is 4.57 Å². The van der Waals surface area contributed by atoms with Crippen LogP contribution >= 0.6 is 18.7 Å².